The van der Waals surface area contributed by atoms with Gasteiger partial charge in [0, 0.05) is 25.0 Å². The summed E-state index contributed by atoms with van der Waals surface area (Å²) in [6.07, 6.45) is -1.13. The fraction of sp³-hybridized carbons (Fsp3) is 0.650. The van der Waals surface area contributed by atoms with Crippen molar-refractivity contribution in [3.63, 3.8) is 0 Å². The molecule has 1 saturated heterocycles. The number of amides is 1. The quantitative estimate of drug-likeness (QED) is 0.552. The van der Waals surface area contributed by atoms with Crippen LogP contribution < -0.4 is 0 Å². The third-order valence-electron chi connectivity index (χ3n) is 4.61. The van der Waals surface area contributed by atoms with Crippen LogP contribution in [0.2, 0.25) is 5.02 Å². The van der Waals surface area contributed by atoms with Crippen LogP contribution in [-0.4, -0.2) is 48.7 Å². The number of alkyl halides is 4. The lowest BCUT2D eigenvalue weighted by molar-refractivity contribution is -0.147. The van der Waals surface area contributed by atoms with Crippen molar-refractivity contribution in [1.82, 2.24) is 4.90 Å². The van der Waals surface area contributed by atoms with Gasteiger partial charge >= 0.3 is 6.18 Å². The zero-order valence-corrected chi connectivity index (χ0v) is 18.0. The van der Waals surface area contributed by atoms with Gasteiger partial charge in [-0.1, -0.05) is 44.0 Å². The van der Waals surface area contributed by atoms with Gasteiger partial charge in [0.05, 0.1) is 24.0 Å². The fourth-order valence-electron chi connectivity index (χ4n) is 3.23. The highest BCUT2D eigenvalue weighted by molar-refractivity contribution is 6.30. The van der Waals surface area contributed by atoms with Gasteiger partial charge in [-0.2, -0.15) is 13.2 Å². The molecular weight excluding hydrogens is 414 g/mol. The number of benzene rings is 1. The van der Waals surface area contributed by atoms with Crippen molar-refractivity contribution in [2.24, 2.45) is 0 Å². The van der Waals surface area contributed by atoms with Gasteiger partial charge in [-0.25, -0.2) is 0 Å². The summed E-state index contributed by atoms with van der Waals surface area (Å²) >= 11 is 11.8. The highest BCUT2D eigenvalue weighted by Crippen LogP contribution is 2.45. The first-order valence-electron chi connectivity index (χ1n) is 9.45. The van der Waals surface area contributed by atoms with Crippen molar-refractivity contribution in [1.29, 1.82) is 0 Å². The van der Waals surface area contributed by atoms with E-state index in [4.69, 9.17) is 27.9 Å². The molecule has 1 heterocycles. The van der Waals surface area contributed by atoms with Crippen LogP contribution >= 0.6 is 23.2 Å². The number of nitrogens with zero attached hydrogens (tertiary/aromatic N) is 1. The van der Waals surface area contributed by atoms with Gasteiger partial charge in [0.25, 0.3) is 0 Å². The summed E-state index contributed by atoms with van der Waals surface area (Å²) in [6, 6.07) is 7.70. The summed E-state index contributed by atoms with van der Waals surface area (Å²) in [7, 11) is 0. The fourth-order valence-corrected chi connectivity index (χ4v) is 3.54. The van der Waals surface area contributed by atoms with Crippen LogP contribution in [0.5, 0.6) is 0 Å². The number of hydrogen-bond donors (Lipinski definition) is 0. The van der Waals surface area contributed by atoms with Crippen LogP contribution in [0, 0.1) is 0 Å². The lowest BCUT2D eigenvalue weighted by atomic mass is 9.63. The molecule has 1 unspecified atom stereocenters. The van der Waals surface area contributed by atoms with Crippen LogP contribution in [0.15, 0.2) is 24.3 Å². The van der Waals surface area contributed by atoms with E-state index in [1.54, 1.807) is 0 Å². The maximum Gasteiger partial charge on any atom is 0.386 e. The van der Waals surface area contributed by atoms with Gasteiger partial charge in [-0.15, -0.1) is 11.6 Å². The van der Waals surface area contributed by atoms with Gasteiger partial charge in [0.2, 0.25) is 5.91 Å². The number of carbonyl (C=O) groups is 1. The highest BCUT2D eigenvalue weighted by atomic mass is 35.5. The standard InChI is InChI=1S/C16H19Cl2NO2.C2H3F3.C2H6/c17-10-14-11-19(8-9-21-14)15(20)16(6-1-7-16)12-2-4-13(18)5-3-12;1-2(3,4)5;1-2/h2-5,14H,1,6-11H2;1H3;1-2H3. The maximum atomic E-state index is 13.0. The van der Waals surface area contributed by atoms with Crippen molar-refractivity contribution >= 4 is 29.1 Å². The molecule has 160 valence electrons. The van der Waals surface area contributed by atoms with Crippen LogP contribution in [0.25, 0.3) is 0 Å². The lowest BCUT2D eigenvalue weighted by Crippen LogP contribution is -2.56. The second kappa shape index (κ2) is 11.3. The van der Waals surface area contributed by atoms with Crippen LogP contribution in [0.3, 0.4) is 0 Å². The third-order valence-corrected chi connectivity index (χ3v) is 5.21. The molecule has 0 spiro atoms. The minimum absolute atomic E-state index is 0.0493. The minimum atomic E-state index is -4.00. The zero-order chi connectivity index (χ0) is 21.4. The van der Waals surface area contributed by atoms with Gasteiger partial charge in [0.15, 0.2) is 0 Å². The summed E-state index contributed by atoms with van der Waals surface area (Å²) < 4.78 is 36.6. The maximum absolute atomic E-state index is 13.0. The largest absolute Gasteiger partial charge is 0.386 e. The van der Waals surface area contributed by atoms with E-state index >= 15 is 0 Å². The Balaban J connectivity index is 0.000000490. The lowest BCUT2D eigenvalue weighted by Gasteiger charge is -2.45. The third kappa shape index (κ3) is 7.12. The summed E-state index contributed by atoms with van der Waals surface area (Å²) in [4.78, 5) is 15.0. The molecule has 1 amide bonds. The SMILES string of the molecule is CC.CC(F)(F)F.O=C(N1CCOC(CCl)C1)C1(c2ccc(Cl)cc2)CCC1. The topological polar surface area (TPSA) is 29.5 Å². The summed E-state index contributed by atoms with van der Waals surface area (Å²) in [5.41, 5.74) is 0.718. The molecule has 3 nitrogen and oxygen atoms in total. The minimum Gasteiger partial charge on any atom is -0.373 e. The molecule has 1 aliphatic heterocycles. The normalized spacial score (nSPS) is 20.7. The molecule has 8 heteroatoms. The van der Waals surface area contributed by atoms with E-state index in [1.165, 1.54) is 0 Å². The second-order valence-electron chi connectivity index (χ2n) is 6.62. The van der Waals surface area contributed by atoms with Gasteiger partial charge < -0.3 is 9.64 Å². The Kier molecular flexibility index (Phi) is 10.1. The molecule has 1 atom stereocenters. The molecule has 3 rings (SSSR count). The van der Waals surface area contributed by atoms with Gasteiger partial charge in [-0.3, -0.25) is 4.79 Å². The van der Waals surface area contributed by atoms with Crippen LogP contribution in [0.1, 0.15) is 45.6 Å². The predicted molar refractivity (Wildman–Crippen MR) is 107 cm³/mol. The molecule has 0 radical (unpaired) electrons. The molecule has 1 aromatic rings. The Hall–Kier alpha value is -0.980. The highest BCUT2D eigenvalue weighted by Gasteiger charge is 2.48. The number of morpholine rings is 1. The Morgan fingerprint density at radius 2 is 1.79 bits per heavy atom. The Labute approximate surface area is 175 Å². The monoisotopic (exact) mass is 441 g/mol. The van der Waals surface area contributed by atoms with E-state index in [1.807, 2.05) is 43.0 Å². The second-order valence-corrected chi connectivity index (χ2v) is 7.37. The predicted octanol–water partition coefficient (Wildman–Crippen LogP) is 5.82. The van der Waals surface area contributed by atoms with E-state index in [2.05, 4.69) is 0 Å². The Bertz CT molecular complexity index is 598. The molecular formula is C20H28Cl2F3NO2. The van der Waals surface area contributed by atoms with E-state index in [0.29, 0.717) is 30.6 Å². The summed E-state index contributed by atoms with van der Waals surface area (Å²) in [5.74, 6) is 0.645. The average molecular weight is 442 g/mol. The van der Waals surface area contributed by atoms with E-state index in [9.17, 15) is 18.0 Å². The molecule has 1 saturated carbocycles. The zero-order valence-electron chi connectivity index (χ0n) is 16.5. The van der Waals surface area contributed by atoms with Crippen molar-refractivity contribution in [3.8, 4) is 0 Å². The first-order chi connectivity index (χ1) is 13.2. The Morgan fingerprint density at radius 3 is 2.21 bits per heavy atom. The molecule has 0 aromatic heterocycles. The van der Waals surface area contributed by atoms with Gasteiger partial charge in [-0.05, 0) is 30.5 Å². The number of halogens is 5. The van der Waals surface area contributed by atoms with Crippen LogP contribution in [0.4, 0.5) is 13.2 Å². The molecule has 1 aromatic carbocycles. The molecule has 0 N–H and O–H groups in total. The number of carbonyl (C=O) groups excluding carboxylic acids is 1. The molecule has 2 aliphatic rings. The molecule has 0 bridgehead atoms. The van der Waals surface area contributed by atoms with Crippen molar-refractivity contribution in [3.05, 3.63) is 34.9 Å². The van der Waals surface area contributed by atoms with E-state index in [-0.39, 0.29) is 24.3 Å². The number of hydrogen-bond acceptors (Lipinski definition) is 2. The molecule has 28 heavy (non-hydrogen) atoms. The van der Waals surface area contributed by atoms with Gasteiger partial charge in [0.1, 0.15) is 0 Å². The van der Waals surface area contributed by atoms with E-state index < -0.39 is 6.18 Å². The van der Waals surface area contributed by atoms with Crippen molar-refractivity contribution in [2.45, 2.75) is 57.7 Å². The Morgan fingerprint density at radius 1 is 1.25 bits per heavy atom. The number of rotatable bonds is 3. The average Bonchev–Trinajstić information content (AvgIpc) is 2.62. The first-order valence-corrected chi connectivity index (χ1v) is 10.4. The summed E-state index contributed by atoms with van der Waals surface area (Å²) in [6.45, 7) is 6.01. The van der Waals surface area contributed by atoms with Crippen LogP contribution in [-0.2, 0) is 14.9 Å². The molecule has 2 fully saturated rings. The number of ether oxygens (including phenoxy) is 1. The van der Waals surface area contributed by atoms with Crippen molar-refractivity contribution < 1.29 is 22.7 Å². The first kappa shape index (κ1) is 25.1. The summed E-state index contributed by atoms with van der Waals surface area (Å²) in [5, 5.41) is 0.703. The molecule has 1 aliphatic carbocycles. The smallest absolute Gasteiger partial charge is 0.373 e. The van der Waals surface area contributed by atoms with E-state index in [0.717, 1.165) is 24.8 Å². The van der Waals surface area contributed by atoms with Crippen molar-refractivity contribution in [2.75, 3.05) is 25.6 Å².